The van der Waals surface area contributed by atoms with Gasteiger partial charge in [-0.25, -0.2) is 26.8 Å². The fourth-order valence-electron chi connectivity index (χ4n) is 7.31. The molecule has 2 aliphatic rings. The van der Waals surface area contributed by atoms with E-state index in [1.54, 1.807) is 46.9 Å². The largest absolute Gasteiger partial charge is 0.494 e. The highest BCUT2D eigenvalue weighted by atomic mass is 32.2. The third kappa shape index (κ3) is 10.9. The standard InChI is InChI=1S/C23H24N4O3S2.C23H24N4O2S2/c1-2-30-21-9-7-18(8-10-21)15-20-17-31-23(25-20)26-11-13-27(14-12-26)32(28,29)22-6-4-3-5-19(22)16-24;1-2-18-7-9-19(10-8-18)15-21-17-30-23(25-21)26-11-13-27(14-12-26)31(28,29)22-6-4-3-5-20(22)16-24/h3-10,17H,2,11-15H2,1H3;3-10,17H,2,11-15H2,1H3. The normalized spacial score (nSPS) is 14.9. The molecule has 2 fully saturated rings. The highest BCUT2D eigenvalue weighted by molar-refractivity contribution is 7.89. The quantitative estimate of drug-likeness (QED) is 0.115. The number of hydrogen-bond donors (Lipinski definition) is 0. The summed E-state index contributed by atoms with van der Waals surface area (Å²) in [7, 11) is -7.38. The number of benzene rings is 4. The molecule has 13 nitrogen and oxygen atoms in total. The highest BCUT2D eigenvalue weighted by Crippen LogP contribution is 2.28. The average Bonchev–Trinajstić information content (AvgIpc) is 4.00. The summed E-state index contributed by atoms with van der Waals surface area (Å²) in [6.07, 6.45) is 2.56. The molecule has 6 aromatic rings. The van der Waals surface area contributed by atoms with Crippen LogP contribution in [0.4, 0.5) is 10.3 Å². The van der Waals surface area contributed by atoms with Crippen LogP contribution in [0.3, 0.4) is 0 Å². The van der Waals surface area contributed by atoms with Crippen molar-refractivity contribution in [2.75, 3.05) is 68.8 Å². The molecule has 8 rings (SSSR count). The topological polar surface area (TPSA) is 164 Å². The molecule has 0 bridgehead atoms. The molecular formula is C46H48N8O5S4. The van der Waals surface area contributed by atoms with Crippen LogP contribution in [0.15, 0.2) is 118 Å². The summed E-state index contributed by atoms with van der Waals surface area (Å²) in [5.74, 6) is 0.862. The molecule has 4 heterocycles. The van der Waals surface area contributed by atoms with E-state index in [4.69, 9.17) is 14.7 Å². The molecule has 0 saturated carbocycles. The van der Waals surface area contributed by atoms with Crippen LogP contribution in [-0.2, 0) is 39.3 Å². The number of aryl methyl sites for hydroxylation is 1. The number of anilines is 2. The number of piperazine rings is 2. The van der Waals surface area contributed by atoms with Crippen molar-refractivity contribution in [2.24, 2.45) is 0 Å². The zero-order valence-electron chi connectivity index (χ0n) is 35.1. The molecule has 2 aliphatic heterocycles. The molecule has 2 saturated heterocycles. The summed E-state index contributed by atoms with van der Waals surface area (Å²) in [6.45, 7) is 8.48. The summed E-state index contributed by atoms with van der Waals surface area (Å²) in [4.78, 5) is 13.9. The number of nitriles is 2. The van der Waals surface area contributed by atoms with Crippen molar-refractivity contribution in [1.29, 1.82) is 10.5 Å². The molecule has 17 heteroatoms. The second-order valence-corrected chi connectivity index (χ2v) is 20.3. The van der Waals surface area contributed by atoms with Crippen LogP contribution >= 0.6 is 22.7 Å². The number of aromatic nitrogens is 2. The Balaban J connectivity index is 0.000000189. The molecule has 0 N–H and O–H groups in total. The molecule has 0 radical (unpaired) electrons. The number of rotatable bonds is 13. The van der Waals surface area contributed by atoms with E-state index in [2.05, 4.69) is 51.7 Å². The molecule has 63 heavy (non-hydrogen) atoms. The van der Waals surface area contributed by atoms with E-state index in [-0.39, 0.29) is 20.9 Å². The van der Waals surface area contributed by atoms with Crippen molar-refractivity contribution >= 4 is 53.0 Å². The van der Waals surface area contributed by atoms with Crippen LogP contribution in [-0.4, -0.2) is 94.4 Å². The molecule has 0 aliphatic carbocycles. The van der Waals surface area contributed by atoms with Crippen molar-refractivity contribution in [3.63, 3.8) is 0 Å². The summed E-state index contributed by atoms with van der Waals surface area (Å²) in [5, 5.41) is 24.5. The summed E-state index contributed by atoms with van der Waals surface area (Å²) in [5.41, 5.74) is 6.11. The monoisotopic (exact) mass is 920 g/mol. The summed E-state index contributed by atoms with van der Waals surface area (Å²) in [6, 6.07) is 33.3. The molecule has 0 unspecified atom stereocenters. The highest BCUT2D eigenvalue weighted by Gasteiger charge is 2.32. The molecule has 326 valence electrons. The number of nitrogens with zero attached hydrogens (tertiary/aromatic N) is 8. The van der Waals surface area contributed by atoms with E-state index in [9.17, 15) is 27.4 Å². The predicted molar refractivity (Wildman–Crippen MR) is 248 cm³/mol. The molecule has 4 aromatic carbocycles. The first kappa shape index (κ1) is 45.4. The third-order valence-corrected chi connectivity index (χ3v) is 16.6. The maximum Gasteiger partial charge on any atom is 0.244 e. The van der Waals surface area contributed by atoms with E-state index >= 15 is 0 Å². The van der Waals surface area contributed by atoms with E-state index in [0.717, 1.165) is 52.2 Å². The lowest BCUT2D eigenvalue weighted by molar-refractivity contribution is 0.340. The minimum atomic E-state index is -3.70. The van der Waals surface area contributed by atoms with Crippen molar-refractivity contribution in [1.82, 2.24) is 18.6 Å². The molecule has 0 spiro atoms. The van der Waals surface area contributed by atoms with Gasteiger partial charge < -0.3 is 14.5 Å². The first-order valence-electron chi connectivity index (χ1n) is 20.7. The Kier molecular flexibility index (Phi) is 14.9. The van der Waals surface area contributed by atoms with Crippen molar-refractivity contribution in [3.8, 4) is 17.9 Å². The zero-order chi connectivity index (χ0) is 44.4. The number of hydrogen-bond acceptors (Lipinski definition) is 13. The number of sulfonamides is 2. The minimum Gasteiger partial charge on any atom is -0.494 e. The van der Waals surface area contributed by atoms with E-state index in [1.807, 2.05) is 43.3 Å². The van der Waals surface area contributed by atoms with Crippen LogP contribution in [0.1, 0.15) is 53.1 Å². The second-order valence-electron chi connectivity index (χ2n) is 14.8. The molecular weight excluding hydrogens is 873 g/mol. The van der Waals surface area contributed by atoms with Crippen LogP contribution in [0, 0.1) is 22.7 Å². The van der Waals surface area contributed by atoms with E-state index in [1.165, 1.54) is 44.0 Å². The van der Waals surface area contributed by atoms with Gasteiger partial charge >= 0.3 is 0 Å². The van der Waals surface area contributed by atoms with Crippen molar-refractivity contribution in [3.05, 3.63) is 147 Å². The Morgan fingerprint density at radius 2 is 0.968 bits per heavy atom. The Hall–Kier alpha value is -5.66. The fourth-order valence-corrected chi connectivity index (χ4v) is 12.2. The van der Waals surface area contributed by atoms with Crippen LogP contribution in [0.5, 0.6) is 5.75 Å². The van der Waals surface area contributed by atoms with Gasteiger partial charge in [0.25, 0.3) is 0 Å². The zero-order valence-corrected chi connectivity index (χ0v) is 38.4. The molecule has 0 atom stereocenters. The Morgan fingerprint density at radius 3 is 1.37 bits per heavy atom. The van der Waals surface area contributed by atoms with Gasteiger partial charge in [-0.3, -0.25) is 0 Å². The Labute approximate surface area is 378 Å². The van der Waals surface area contributed by atoms with Crippen molar-refractivity contribution < 1.29 is 21.6 Å². The van der Waals surface area contributed by atoms with Crippen molar-refractivity contribution in [2.45, 2.75) is 42.9 Å². The number of thiazole rings is 2. The first-order valence-corrected chi connectivity index (χ1v) is 25.3. The lowest BCUT2D eigenvalue weighted by atomic mass is 10.1. The van der Waals surface area contributed by atoms with E-state index in [0.29, 0.717) is 59.0 Å². The summed E-state index contributed by atoms with van der Waals surface area (Å²) < 4.78 is 60.4. The lowest BCUT2D eigenvalue weighted by Crippen LogP contribution is -2.48. The van der Waals surface area contributed by atoms with Gasteiger partial charge in [0.1, 0.15) is 17.9 Å². The molecule has 2 aromatic heterocycles. The van der Waals surface area contributed by atoms with Crippen LogP contribution in [0.25, 0.3) is 0 Å². The Bertz CT molecular complexity index is 2780. The third-order valence-electron chi connectivity index (χ3n) is 10.8. The second kappa shape index (κ2) is 20.7. The van der Waals surface area contributed by atoms with Gasteiger partial charge in [-0.05, 0) is 66.4 Å². The van der Waals surface area contributed by atoms with Gasteiger partial charge in [0.2, 0.25) is 20.0 Å². The molecule has 0 amide bonds. The maximum atomic E-state index is 13.0. The SMILES string of the molecule is CCOc1ccc(Cc2csc(N3CCN(S(=O)(=O)c4ccccc4C#N)CC3)n2)cc1.CCc1ccc(Cc2csc(N3CCN(S(=O)(=O)c4ccccc4C#N)CC3)n2)cc1. The van der Waals surface area contributed by atoms with Gasteiger partial charge in [-0.2, -0.15) is 19.1 Å². The fraction of sp³-hybridized carbons (Fsp3) is 0.304. The number of ether oxygens (including phenoxy) is 1. The van der Waals surface area contributed by atoms with Gasteiger partial charge in [0, 0.05) is 76.0 Å². The lowest BCUT2D eigenvalue weighted by Gasteiger charge is -2.33. The average molecular weight is 921 g/mol. The van der Waals surface area contributed by atoms with Crippen LogP contribution < -0.4 is 14.5 Å². The van der Waals surface area contributed by atoms with Gasteiger partial charge in [0.15, 0.2) is 10.3 Å². The summed E-state index contributed by atoms with van der Waals surface area (Å²) >= 11 is 3.17. The van der Waals surface area contributed by atoms with Gasteiger partial charge in [0.05, 0.1) is 38.9 Å². The van der Waals surface area contributed by atoms with Gasteiger partial charge in [-0.1, -0.05) is 67.6 Å². The first-order chi connectivity index (χ1) is 30.5. The van der Waals surface area contributed by atoms with Crippen LogP contribution in [0.2, 0.25) is 0 Å². The van der Waals surface area contributed by atoms with Gasteiger partial charge in [-0.15, -0.1) is 22.7 Å². The smallest absolute Gasteiger partial charge is 0.244 e. The predicted octanol–water partition coefficient (Wildman–Crippen LogP) is 7.19. The maximum absolute atomic E-state index is 13.0. The minimum absolute atomic E-state index is 0.0721. The van der Waals surface area contributed by atoms with E-state index < -0.39 is 20.0 Å². The Morgan fingerprint density at radius 1 is 0.571 bits per heavy atom.